The molecule has 1 aliphatic heterocycles. The zero-order chi connectivity index (χ0) is 25.7. The summed E-state index contributed by atoms with van der Waals surface area (Å²) in [4.78, 5) is 52.9. The van der Waals surface area contributed by atoms with Gasteiger partial charge in [-0.3, -0.25) is 19.2 Å². The Morgan fingerprint density at radius 3 is 2.25 bits per heavy atom. The summed E-state index contributed by atoms with van der Waals surface area (Å²) in [5.74, 6) is -1.73. The molecule has 1 heterocycles. The van der Waals surface area contributed by atoms with E-state index in [0.29, 0.717) is 11.3 Å². The smallest absolute Gasteiger partial charge is 0.308 e. The molecular weight excluding hydrogens is 467 g/mol. The summed E-state index contributed by atoms with van der Waals surface area (Å²) in [6.45, 7) is 0.903. The number of carbonyl (C=O) groups is 4. The number of halogens is 1. The lowest BCUT2D eigenvalue weighted by Crippen LogP contribution is -2.46. The maximum Gasteiger partial charge on any atom is 0.308 e. The number of rotatable bonds is 8. The van der Waals surface area contributed by atoms with Crippen molar-refractivity contribution in [3.63, 3.8) is 0 Å². The van der Waals surface area contributed by atoms with Gasteiger partial charge in [-0.25, -0.2) is 9.29 Å². The normalized spacial score (nSPS) is 15.1. The molecule has 0 bridgehead atoms. The van der Waals surface area contributed by atoms with Crippen molar-refractivity contribution in [1.29, 1.82) is 0 Å². The van der Waals surface area contributed by atoms with Crippen LogP contribution in [0.15, 0.2) is 78.9 Å². The Morgan fingerprint density at radius 1 is 0.944 bits per heavy atom. The van der Waals surface area contributed by atoms with E-state index in [9.17, 15) is 23.6 Å². The molecule has 3 amide bonds. The average Bonchev–Trinajstić information content (AvgIpc) is 3.16. The van der Waals surface area contributed by atoms with Gasteiger partial charge >= 0.3 is 5.97 Å². The largest absolute Gasteiger partial charge is 0.484 e. The molecule has 3 aromatic rings. The Labute approximate surface area is 206 Å². The van der Waals surface area contributed by atoms with Gasteiger partial charge in [0.05, 0.1) is 12.1 Å². The zero-order valence-electron chi connectivity index (χ0n) is 19.4. The van der Waals surface area contributed by atoms with Crippen molar-refractivity contribution in [3.8, 4) is 11.5 Å². The summed E-state index contributed by atoms with van der Waals surface area (Å²) in [6.07, 6.45) is -0.219. The summed E-state index contributed by atoms with van der Waals surface area (Å²) in [5, 5.41) is 0. The summed E-state index contributed by atoms with van der Waals surface area (Å²) in [6, 6.07) is 19.1. The molecule has 4 rings (SSSR count). The van der Waals surface area contributed by atoms with Gasteiger partial charge in [0.25, 0.3) is 11.8 Å². The Bertz CT molecular complexity index is 1260. The highest BCUT2D eigenvalue weighted by atomic mass is 19.1. The molecule has 1 saturated heterocycles. The molecule has 0 spiro atoms. The standard InChI is InChI=1S/C27H23FN2O6/c1-18(31)36-23-13-11-21(12-14-23)30-25(32)15-24(27(30)34)29(16-19-7-9-20(28)10-8-19)26(33)17-35-22-5-3-2-4-6-22/h2-14,24H,15-17H2,1H3. The average molecular weight is 490 g/mol. The van der Waals surface area contributed by atoms with E-state index in [0.717, 1.165) is 4.90 Å². The van der Waals surface area contributed by atoms with Crippen molar-refractivity contribution in [2.75, 3.05) is 11.5 Å². The number of hydrogen-bond donors (Lipinski definition) is 0. The predicted molar refractivity (Wildman–Crippen MR) is 128 cm³/mol. The van der Waals surface area contributed by atoms with E-state index in [1.807, 2.05) is 6.07 Å². The number of esters is 1. The van der Waals surface area contributed by atoms with Gasteiger partial charge in [0.2, 0.25) is 5.91 Å². The van der Waals surface area contributed by atoms with Crippen LogP contribution in [0.25, 0.3) is 0 Å². The number of amides is 3. The van der Waals surface area contributed by atoms with Crippen molar-refractivity contribution in [2.45, 2.75) is 25.9 Å². The van der Waals surface area contributed by atoms with Gasteiger partial charge in [-0.15, -0.1) is 0 Å². The number of para-hydroxylation sites is 1. The van der Waals surface area contributed by atoms with Crippen molar-refractivity contribution < 1.29 is 33.0 Å². The van der Waals surface area contributed by atoms with Crippen LogP contribution in [0.5, 0.6) is 11.5 Å². The number of carbonyl (C=O) groups excluding carboxylic acids is 4. The molecule has 3 aromatic carbocycles. The first-order chi connectivity index (χ1) is 17.3. The van der Waals surface area contributed by atoms with Crippen LogP contribution in [0.3, 0.4) is 0 Å². The first-order valence-corrected chi connectivity index (χ1v) is 11.2. The maximum atomic E-state index is 13.4. The number of hydrogen-bond acceptors (Lipinski definition) is 6. The third kappa shape index (κ3) is 5.75. The van der Waals surface area contributed by atoms with E-state index in [1.54, 1.807) is 24.3 Å². The lowest BCUT2D eigenvalue weighted by atomic mass is 10.1. The van der Waals surface area contributed by atoms with Gasteiger partial charge in [0.1, 0.15) is 23.4 Å². The first-order valence-electron chi connectivity index (χ1n) is 11.2. The number of anilines is 1. The van der Waals surface area contributed by atoms with Crippen molar-refractivity contribution in [3.05, 3.63) is 90.2 Å². The van der Waals surface area contributed by atoms with Gasteiger partial charge < -0.3 is 14.4 Å². The van der Waals surface area contributed by atoms with E-state index in [2.05, 4.69) is 0 Å². The molecule has 0 aromatic heterocycles. The molecule has 1 aliphatic rings. The van der Waals surface area contributed by atoms with Crippen LogP contribution in [0.2, 0.25) is 0 Å². The second-order valence-corrected chi connectivity index (χ2v) is 8.12. The van der Waals surface area contributed by atoms with Crippen LogP contribution in [0.4, 0.5) is 10.1 Å². The van der Waals surface area contributed by atoms with Crippen molar-refractivity contribution >= 4 is 29.4 Å². The number of ether oxygens (including phenoxy) is 2. The monoisotopic (exact) mass is 490 g/mol. The summed E-state index contributed by atoms with van der Waals surface area (Å²) < 4.78 is 24.0. The number of nitrogens with zero attached hydrogens (tertiary/aromatic N) is 2. The van der Waals surface area contributed by atoms with E-state index >= 15 is 0 Å². The Balaban J connectivity index is 1.56. The molecule has 0 saturated carbocycles. The first kappa shape index (κ1) is 24.6. The second-order valence-electron chi connectivity index (χ2n) is 8.12. The molecule has 9 heteroatoms. The van der Waals surface area contributed by atoms with E-state index in [4.69, 9.17) is 9.47 Å². The van der Waals surface area contributed by atoms with Gasteiger partial charge in [0, 0.05) is 13.5 Å². The molecule has 184 valence electrons. The van der Waals surface area contributed by atoms with E-state index in [-0.39, 0.29) is 31.0 Å². The minimum Gasteiger partial charge on any atom is -0.484 e. The fourth-order valence-electron chi connectivity index (χ4n) is 3.86. The highest BCUT2D eigenvalue weighted by Gasteiger charge is 2.44. The Kier molecular flexibility index (Phi) is 7.39. The van der Waals surface area contributed by atoms with Crippen LogP contribution in [0, 0.1) is 5.82 Å². The summed E-state index contributed by atoms with van der Waals surface area (Å²) >= 11 is 0. The quantitative estimate of drug-likeness (QED) is 0.273. The van der Waals surface area contributed by atoms with Crippen LogP contribution in [-0.2, 0) is 25.7 Å². The number of imide groups is 1. The van der Waals surface area contributed by atoms with Crippen molar-refractivity contribution in [2.24, 2.45) is 0 Å². The van der Waals surface area contributed by atoms with Crippen LogP contribution in [-0.4, -0.2) is 41.2 Å². The fraction of sp³-hybridized carbons (Fsp3) is 0.185. The molecule has 0 N–H and O–H groups in total. The number of benzene rings is 3. The predicted octanol–water partition coefficient (Wildman–Crippen LogP) is 3.49. The van der Waals surface area contributed by atoms with Crippen LogP contribution in [0.1, 0.15) is 18.9 Å². The summed E-state index contributed by atoms with van der Waals surface area (Å²) in [5.41, 5.74) is 0.881. The summed E-state index contributed by atoms with van der Waals surface area (Å²) in [7, 11) is 0. The second kappa shape index (κ2) is 10.8. The lowest BCUT2D eigenvalue weighted by molar-refractivity contribution is -0.140. The van der Waals surface area contributed by atoms with Gasteiger partial charge in [-0.2, -0.15) is 0 Å². The highest BCUT2D eigenvalue weighted by molar-refractivity contribution is 6.23. The third-order valence-corrected chi connectivity index (χ3v) is 5.55. The molecular formula is C27H23FN2O6. The lowest BCUT2D eigenvalue weighted by Gasteiger charge is -2.28. The SMILES string of the molecule is CC(=O)Oc1ccc(N2C(=O)CC(N(Cc3ccc(F)cc3)C(=O)COc3ccccc3)C2=O)cc1. The zero-order valence-corrected chi connectivity index (χ0v) is 19.4. The molecule has 8 nitrogen and oxygen atoms in total. The topological polar surface area (TPSA) is 93.2 Å². The molecule has 1 fully saturated rings. The molecule has 0 radical (unpaired) electrons. The molecule has 1 atom stereocenters. The third-order valence-electron chi connectivity index (χ3n) is 5.55. The Hall–Kier alpha value is -4.53. The van der Waals surface area contributed by atoms with E-state index in [1.165, 1.54) is 60.4 Å². The van der Waals surface area contributed by atoms with Gasteiger partial charge in [-0.05, 0) is 54.1 Å². The molecule has 36 heavy (non-hydrogen) atoms. The minimum absolute atomic E-state index is 0.0137. The van der Waals surface area contributed by atoms with Gasteiger partial charge in [-0.1, -0.05) is 30.3 Å². The molecule has 1 unspecified atom stereocenters. The van der Waals surface area contributed by atoms with Crippen molar-refractivity contribution in [1.82, 2.24) is 4.90 Å². The van der Waals surface area contributed by atoms with E-state index < -0.39 is 35.5 Å². The van der Waals surface area contributed by atoms with Crippen LogP contribution < -0.4 is 14.4 Å². The van der Waals surface area contributed by atoms with Gasteiger partial charge in [0.15, 0.2) is 6.61 Å². The Morgan fingerprint density at radius 2 is 1.61 bits per heavy atom. The fourth-order valence-corrected chi connectivity index (χ4v) is 3.86. The molecule has 0 aliphatic carbocycles. The highest BCUT2D eigenvalue weighted by Crippen LogP contribution is 2.28. The maximum absolute atomic E-state index is 13.4. The minimum atomic E-state index is -1.07. The van der Waals surface area contributed by atoms with Crippen LogP contribution >= 0.6 is 0 Å².